The normalized spacial score (nSPS) is 12.9. The topological polar surface area (TPSA) is 114 Å². The van der Waals surface area contributed by atoms with E-state index in [9.17, 15) is 19.2 Å². The molecule has 1 rings (SSSR count). The van der Waals surface area contributed by atoms with Gasteiger partial charge < -0.3 is 25.0 Å². The van der Waals surface area contributed by atoms with Crippen molar-refractivity contribution in [3.63, 3.8) is 0 Å². The highest BCUT2D eigenvalue weighted by molar-refractivity contribution is 5.93. The highest BCUT2D eigenvalue weighted by Crippen LogP contribution is 2.26. The largest absolute Gasteiger partial charge is 0.468 e. The summed E-state index contributed by atoms with van der Waals surface area (Å²) in [4.78, 5) is 53.9. The van der Waals surface area contributed by atoms with Gasteiger partial charge in [0, 0.05) is 6.54 Å². The standard InChI is InChI=1S/C30H49N3O6/c1-10-11-12-13-14-33(28(36)24(15-20(2)3)32-29(37)39-30(6,7)8)26(27(35)31-19-25(34)38-9)23-17-21(4)16-22(5)18-23/h16-18,20,24,26H,10-15,19H2,1-9H3,(H,31,35)(H,32,37). The second-order valence-electron chi connectivity index (χ2n) is 11.5. The van der Waals surface area contributed by atoms with E-state index in [1.807, 2.05) is 45.9 Å². The molecular weight excluding hydrogens is 498 g/mol. The third kappa shape index (κ3) is 12.5. The molecule has 39 heavy (non-hydrogen) atoms. The number of amides is 3. The predicted octanol–water partition coefficient (Wildman–Crippen LogP) is 4.98. The van der Waals surface area contributed by atoms with E-state index in [1.54, 1.807) is 25.7 Å². The Morgan fingerprint density at radius 1 is 0.974 bits per heavy atom. The Labute approximate surface area is 234 Å². The summed E-state index contributed by atoms with van der Waals surface area (Å²) < 4.78 is 10.1. The van der Waals surface area contributed by atoms with Crippen molar-refractivity contribution < 1.29 is 28.7 Å². The fourth-order valence-electron chi connectivity index (χ4n) is 4.39. The van der Waals surface area contributed by atoms with Crippen LogP contribution in [0.4, 0.5) is 4.79 Å². The molecule has 0 saturated carbocycles. The number of unbranched alkanes of at least 4 members (excludes halogenated alkanes) is 3. The molecule has 0 bridgehead atoms. The van der Waals surface area contributed by atoms with Crippen LogP contribution in [0.25, 0.3) is 0 Å². The highest BCUT2D eigenvalue weighted by atomic mass is 16.6. The number of ether oxygens (including phenoxy) is 2. The lowest BCUT2D eigenvalue weighted by Crippen LogP contribution is -2.54. The Balaban J connectivity index is 3.55. The molecule has 0 fully saturated rings. The van der Waals surface area contributed by atoms with Gasteiger partial charge in [-0.05, 0) is 58.9 Å². The number of esters is 1. The van der Waals surface area contributed by atoms with Gasteiger partial charge in [0.05, 0.1) is 7.11 Å². The van der Waals surface area contributed by atoms with Crippen molar-refractivity contribution in [2.24, 2.45) is 5.92 Å². The van der Waals surface area contributed by atoms with E-state index in [1.165, 1.54) is 7.11 Å². The van der Waals surface area contributed by atoms with Gasteiger partial charge in [0.2, 0.25) is 11.8 Å². The smallest absolute Gasteiger partial charge is 0.408 e. The Kier molecular flexibility index (Phi) is 14.0. The zero-order valence-electron chi connectivity index (χ0n) is 25.3. The first-order valence-electron chi connectivity index (χ1n) is 13.9. The Hall–Kier alpha value is -3.10. The number of methoxy groups -OCH3 is 1. The zero-order valence-corrected chi connectivity index (χ0v) is 25.3. The second kappa shape index (κ2) is 16.1. The lowest BCUT2D eigenvalue weighted by molar-refractivity contribution is -0.145. The van der Waals surface area contributed by atoms with Crippen molar-refractivity contribution in [3.8, 4) is 0 Å². The third-order valence-corrected chi connectivity index (χ3v) is 5.99. The van der Waals surface area contributed by atoms with Gasteiger partial charge in [-0.15, -0.1) is 0 Å². The van der Waals surface area contributed by atoms with Crippen LogP contribution in [0.5, 0.6) is 0 Å². The van der Waals surface area contributed by atoms with Crippen LogP contribution in [0.1, 0.15) is 96.4 Å². The zero-order chi connectivity index (χ0) is 29.8. The van der Waals surface area contributed by atoms with Gasteiger partial charge in [0.15, 0.2) is 0 Å². The van der Waals surface area contributed by atoms with Crippen LogP contribution in [0.3, 0.4) is 0 Å². The van der Waals surface area contributed by atoms with E-state index in [-0.39, 0.29) is 18.4 Å². The molecular formula is C30H49N3O6. The number of carbonyl (C=O) groups excluding carboxylic acids is 4. The van der Waals surface area contributed by atoms with Gasteiger partial charge in [-0.3, -0.25) is 14.4 Å². The minimum atomic E-state index is -1.00. The minimum absolute atomic E-state index is 0.0867. The maximum absolute atomic E-state index is 14.2. The molecule has 0 radical (unpaired) electrons. The summed E-state index contributed by atoms with van der Waals surface area (Å²) in [6, 6.07) is 3.85. The molecule has 2 unspecified atom stereocenters. The summed E-state index contributed by atoms with van der Waals surface area (Å²) in [5, 5.41) is 5.40. The lowest BCUT2D eigenvalue weighted by atomic mass is 9.96. The van der Waals surface area contributed by atoms with E-state index in [0.29, 0.717) is 24.9 Å². The number of carbonyl (C=O) groups is 4. The SMILES string of the molecule is CCCCCCN(C(=O)C(CC(C)C)NC(=O)OC(C)(C)C)C(C(=O)NCC(=O)OC)c1cc(C)cc(C)c1. The second-order valence-corrected chi connectivity index (χ2v) is 11.5. The Morgan fingerprint density at radius 3 is 2.10 bits per heavy atom. The highest BCUT2D eigenvalue weighted by Gasteiger charge is 2.36. The monoisotopic (exact) mass is 547 g/mol. The summed E-state index contributed by atoms with van der Waals surface area (Å²) in [7, 11) is 1.25. The van der Waals surface area contributed by atoms with E-state index < -0.39 is 35.7 Å². The van der Waals surface area contributed by atoms with E-state index in [4.69, 9.17) is 9.47 Å². The molecule has 0 heterocycles. The van der Waals surface area contributed by atoms with Crippen LogP contribution >= 0.6 is 0 Å². The number of hydrogen-bond acceptors (Lipinski definition) is 6. The summed E-state index contributed by atoms with van der Waals surface area (Å²) in [6.07, 6.45) is 3.27. The molecule has 3 amide bonds. The van der Waals surface area contributed by atoms with Crippen molar-refractivity contribution in [2.45, 2.75) is 105 Å². The molecule has 1 aromatic carbocycles. The number of alkyl carbamates (subject to hydrolysis) is 1. The maximum atomic E-state index is 14.2. The van der Waals surface area contributed by atoms with Gasteiger partial charge >= 0.3 is 12.1 Å². The number of benzene rings is 1. The van der Waals surface area contributed by atoms with Crippen LogP contribution < -0.4 is 10.6 Å². The number of nitrogens with one attached hydrogen (secondary N) is 2. The quantitative estimate of drug-likeness (QED) is 0.251. The molecule has 0 aliphatic carbocycles. The minimum Gasteiger partial charge on any atom is -0.468 e. The number of nitrogens with zero attached hydrogens (tertiary/aromatic N) is 1. The van der Waals surface area contributed by atoms with Gasteiger partial charge in [-0.2, -0.15) is 0 Å². The third-order valence-electron chi connectivity index (χ3n) is 5.99. The van der Waals surface area contributed by atoms with Crippen molar-refractivity contribution in [1.29, 1.82) is 0 Å². The Morgan fingerprint density at radius 2 is 1.59 bits per heavy atom. The first-order chi connectivity index (χ1) is 18.2. The molecule has 9 heteroatoms. The van der Waals surface area contributed by atoms with Crippen LogP contribution in [-0.4, -0.2) is 60.6 Å². The molecule has 2 N–H and O–H groups in total. The lowest BCUT2D eigenvalue weighted by Gasteiger charge is -2.35. The average Bonchev–Trinajstić information content (AvgIpc) is 2.81. The molecule has 2 atom stereocenters. The van der Waals surface area contributed by atoms with Crippen LogP contribution in [0, 0.1) is 19.8 Å². The molecule has 220 valence electrons. The van der Waals surface area contributed by atoms with E-state index >= 15 is 0 Å². The summed E-state index contributed by atoms with van der Waals surface area (Å²) in [5.41, 5.74) is 1.80. The van der Waals surface area contributed by atoms with Crippen LogP contribution in [0.15, 0.2) is 18.2 Å². The summed E-state index contributed by atoms with van der Waals surface area (Å²) in [6.45, 7) is 15.2. The number of aryl methyl sites for hydroxylation is 2. The molecule has 0 spiro atoms. The van der Waals surface area contributed by atoms with Crippen molar-refractivity contribution in [3.05, 3.63) is 34.9 Å². The predicted molar refractivity (Wildman–Crippen MR) is 152 cm³/mol. The first-order valence-corrected chi connectivity index (χ1v) is 13.9. The van der Waals surface area contributed by atoms with Crippen LogP contribution in [-0.2, 0) is 23.9 Å². The van der Waals surface area contributed by atoms with E-state index in [2.05, 4.69) is 17.6 Å². The fraction of sp³-hybridized carbons (Fsp3) is 0.667. The molecule has 1 aromatic rings. The summed E-state index contributed by atoms with van der Waals surface area (Å²) in [5.74, 6) is -1.37. The summed E-state index contributed by atoms with van der Waals surface area (Å²) >= 11 is 0. The van der Waals surface area contributed by atoms with Crippen molar-refractivity contribution >= 4 is 23.9 Å². The van der Waals surface area contributed by atoms with Gasteiger partial charge in [-0.25, -0.2) is 4.79 Å². The molecule has 0 aliphatic rings. The molecule has 0 aromatic heterocycles. The molecule has 0 aliphatic heterocycles. The maximum Gasteiger partial charge on any atom is 0.408 e. The van der Waals surface area contributed by atoms with Gasteiger partial charge in [-0.1, -0.05) is 69.4 Å². The number of hydrogen-bond donors (Lipinski definition) is 2. The average molecular weight is 548 g/mol. The molecule has 9 nitrogen and oxygen atoms in total. The Bertz CT molecular complexity index is 950. The fourth-order valence-corrected chi connectivity index (χ4v) is 4.39. The van der Waals surface area contributed by atoms with E-state index in [0.717, 1.165) is 30.4 Å². The molecule has 0 saturated heterocycles. The van der Waals surface area contributed by atoms with Crippen molar-refractivity contribution in [2.75, 3.05) is 20.2 Å². The van der Waals surface area contributed by atoms with Crippen molar-refractivity contribution in [1.82, 2.24) is 15.5 Å². The van der Waals surface area contributed by atoms with Crippen LogP contribution in [0.2, 0.25) is 0 Å². The number of rotatable bonds is 14. The first kappa shape index (κ1) is 33.9. The van der Waals surface area contributed by atoms with Gasteiger partial charge in [0.25, 0.3) is 0 Å². The van der Waals surface area contributed by atoms with Gasteiger partial charge in [0.1, 0.15) is 24.2 Å².